The van der Waals surface area contributed by atoms with Crippen molar-refractivity contribution in [2.45, 2.75) is 23.6 Å². The van der Waals surface area contributed by atoms with Crippen LogP contribution < -0.4 is 4.74 Å². The van der Waals surface area contributed by atoms with Gasteiger partial charge in [-0.2, -0.15) is 4.98 Å². The predicted molar refractivity (Wildman–Crippen MR) is 81.4 cm³/mol. The second kappa shape index (κ2) is 6.89. The molecule has 0 aliphatic heterocycles. The SMILES string of the molecule is Cc1csc(SCc2nc(COc3ccc(F)cc3)no2)n1. The molecule has 8 heteroatoms. The van der Waals surface area contributed by atoms with Gasteiger partial charge in [0.2, 0.25) is 11.7 Å². The smallest absolute Gasteiger partial charge is 0.237 e. The summed E-state index contributed by atoms with van der Waals surface area (Å²) in [5.41, 5.74) is 1.01. The molecule has 0 radical (unpaired) electrons. The van der Waals surface area contributed by atoms with Crippen LogP contribution in [-0.4, -0.2) is 15.1 Å². The molecule has 22 heavy (non-hydrogen) atoms. The van der Waals surface area contributed by atoms with Crippen LogP contribution in [0.1, 0.15) is 17.4 Å². The van der Waals surface area contributed by atoms with E-state index in [0.717, 1.165) is 10.0 Å². The first-order chi connectivity index (χ1) is 10.7. The standard InChI is InChI=1S/C14H12FN3O2S2/c1-9-7-21-14(16-9)22-8-13-17-12(18-20-13)6-19-11-4-2-10(15)3-5-11/h2-5,7H,6,8H2,1H3. The van der Waals surface area contributed by atoms with Gasteiger partial charge >= 0.3 is 0 Å². The van der Waals surface area contributed by atoms with Crippen LogP contribution in [-0.2, 0) is 12.4 Å². The highest BCUT2D eigenvalue weighted by molar-refractivity contribution is 8.00. The van der Waals surface area contributed by atoms with E-state index in [1.165, 1.54) is 12.1 Å². The van der Waals surface area contributed by atoms with Crippen LogP contribution >= 0.6 is 23.1 Å². The maximum Gasteiger partial charge on any atom is 0.237 e. The number of benzene rings is 1. The lowest BCUT2D eigenvalue weighted by molar-refractivity contribution is 0.285. The van der Waals surface area contributed by atoms with Crippen LogP contribution in [0.5, 0.6) is 5.75 Å². The van der Waals surface area contributed by atoms with Gasteiger partial charge in [0.15, 0.2) is 10.9 Å². The average Bonchev–Trinajstić information content (AvgIpc) is 3.13. The van der Waals surface area contributed by atoms with Crippen molar-refractivity contribution in [2.24, 2.45) is 0 Å². The average molecular weight is 337 g/mol. The van der Waals surface area contributed by atoms with Crippen molar-refractivity contribution >= 4 is 23.1 Å². The Morgan fingerprint density at radius 3 is 2.82 bits per heavy atom. The molecular formula is C14H12FN3O2S2. The molecular weight excluding hydrogens is 325 g/mol. The minimum Gasteiger partial charge on any atom is -0.485 e. The molecule has 0 saturated heterocycles. The van der Waals surface area contributed by atoms with Gasteiger partial charge in [0.25, 0.3) is 0 Å². The third-order valence-electron chi connectivity index (χ3n) is 2.61. The predicted octanol–water partition coefficient (Wildman–Crippen LogP) is 3.84. The van der Waals surface area contributed by atoms with Crippen LogP contribution in [0.15, 0.2) is 38.5 Å². The van der Waals surface area contributed by atoms with E-state index in [1.54, 1.807) is 35.2 Å². The van der Waals surface area contributed by atoms with Gasteiger partial charge in [0, 0.05) is 11.1 Å². The second-order valence-electron chi connectivity index (χ2n) is 4.39. The fourth-order valence-electron chi connectivity index (χ4n) is 1.61. The van der Waals surface area contributed by atoms with Crippen molar-refractivity contribution in [1.29, 1.82) is 0 Å². The molecule has 0 spiro atoms. The molecule has 2 heterocycles. The van der Waals surface area contributed by atoms with Gasteiger partial charge in [-0.3, -0.25) is 0 Å². The van der Waals surface area contributed by atoms with Crippen molar-refractivity contribution in [3.8, 4) is 5.75 Å². The Balaban J connectivity index is 1.51. The number of thiazole rings is 1. The first kappa shape index (κ1) is 15.0. The second-order valence-corrected chi connectivity index (χ2v) is 6.47. The van der Waals surface area contributed by atoms with Gasteiger partial charge in [-0.1, -0.05) is 16.9 Å². The zero-order valence-electron chi connectivity index (χ0n) is 11.7. The molecule has 0 atom stereocenters. The van der Waals surface area contributed by atoms with E-state index in [1.807, 2.05) is 12.3 Å². The first-order valence-corrected chi connectivity index (χ1v) is 8.30. The van der Waals surface area contributed by atoms with Crippen molar-refractivity contribution in [3.05, 3.63) is 52.9 Å². The Morgan fingerprint density at radius 1 is 1.27 bits per heavy atom. The number of nitrogens with zero attached hydrogens (tertiary/aromatic N) is 3. The van der Waals surface area contributed by atoms with Crippen LogP contribution in [0.3, 0.4) is 0 Å². The fourth-order valence-corrected chi connectivity index (χ4v) is 3.30. The minimum absolute atomic E-state index is 0.177. The molecule has 114 valence electrons. The maximum atomic E-state index is 12.8. The number of thioether (sulfide) groups is 1. The van der Waals surface area contributed by atoms with Crippen LogP contribution in [0.2, 0.25) is 0 Å². The Kier molecular flexibility index (Phi) is 4.69. The molecule has 0 aliphatic carbocycles. The van der Waals surface area contributed by atoms with E-state index in [4.69, 9.17) is 9.26 Å². The molecule has 2 aromatic heterocycles. The zero-order chi connectivity index (χ0) is 15.4. The monoisotopic (exact) mass is 337 g/mol. The zero-order valence-corrected chi connectivity index (χ0v) is 13.3. The lowest BCUT2D eigenvalue weighted by atomic mass is 10.3. The molecule has 5 nitrogen and oxygen atoms in total. The number of ether oxygens (including phenoxy) is 1. The van der Waals surface area contributed by atoms with Crippen molar-refractivity contribution in [3.63, 3.8) is 0 Å². The Bertz CT molecular complexity index is 743. The molecule has 3 aromatic rings. The van der Waals surface area contributed by atoms with E-state index in [-0.39, 0.29) is 12.4 Å². The Hall–Kier alpha value is -1.93. The summed E-state index contributed by atoms with van der Waals surface area (Å²) in [6.45, 7) is 2.13. The largest absolute Gasteiger partial charge is 0.485 e. The summed E-state index contributed by atoms with van der Waals surface area (Å²) in [4.78, 5) is 8.60. The number of halogens is 1. The lowest BCUT2D eigenvalue weighted by Gasteiger charge is -2.01. The van der Waals surface area contributed by atoms with Gasteiger partial charge in [0.05, 0.1) is 5.75 Å². The maximum absolute atomic E-state index is 12.8. The topological polar surface area (TPSA) is 61.0 Å². The van der Waals surface area contributed by atoms with Gasteiger partial charge in [0.1, 0.15) is 11.6 Å². The summed E-state index contributed by atoms with van der Waals surface area (Å²) in [5, 5.41) is 5.85. The Morgan fingerprint density at radius 2 is 2.09 bits per heavy atom. The Labute approximate surface area is 134 Å². The van der Waals surface area contributed by atoms with E-state index in [0.29, 0.717) is 23.2 Å². The molecule has 0 saturated carbocycles. The fraction of sp³-hybridized carbons (Fsp3) is 0.214. The summed E-state index contributed by atoms with van der Waals surface area (Å²) in [6.07, 6.45) is 0. The van der Waals surface area contributed by atoms with Gasteiger partial charge in [-0.15, -0.1) is 11.3 Å². The first-order valence-electron chi connectivity index (χ1n) is 6.44. The third-order valence-corrected chi connectivity index (χ3v) is 4.73. The van der Waals surface area contributed by atoms with Crippen molar-refractivity contribution < 1.29 is 13.7 Å². The molecule has 0 fully saturated rings. The highest BCUT2D eigenvalue weighted by Gasteiger charge is 2.09. The molecule has 1 aromatic carbocycles. The minimum atomic E-state index is -0.302. The summed E-state index contributed by atoms with van der Waals surface area (Å²) in [7, 11) is 0. The summed E-state index contributed by atoms with van der Waals surface area (Å²) < 4.78 is 24.4. The third kappa shape index (κ3) is 4.05. The quantitative estimate of drug-likeness (QED) is 0.637. The molecule has 0 bridgehead atoms. The molecule has 0 amide bonds. The summed E-state index contributed by atoms with van der Waals surface area (Å²) in [5.74, 6) is 1.80. The molecule has 0 N–H and O–H groups in total. The highest BCUT2D eigenvalue weighted by atomic mass is 32.2. The molecule has 0 unspecified atom stereocenters. The van der Waals surface area contributed by atoms with Gasteiger partial charge < -0.3 is 9.26 Å². The van der Waals surface area contributed by atoms with Crippen molar-refractivity contribution in [2.75, 3.05) is 0 Å². The van der Waals surface area contributed by atoms with Crippen molar-refractivity contribution in [1.82, 2.24) is 15.1 Å². The van der Waals surface area contributed by atoms with Gasteiger partial charge in [-0.25, -0.2) is 9.37 Å². The summed E-state index contributed by atoms with van der Waals surface area (Å²) >= 11 is 3.14. The number of hydrogen-bond donors (Lipinski definition) is 0. The van der Waals surface area contributed by atoms with Gasteiger partial charge in [-0.05, 0) is 31.2 Å². The van der Waals surface area contributed by atoms with E-state index < -0.39 is 0 Å². The van der Waals surface area contributed by atoms with Crippen LogP contribution in [0.25, 0.3) is 0 Å². The number of rotatable bonds is 6. The van der Waals surface area contributed by atoms with E-state index in [9.17, 15) is 4.39 Å². The number of aryl methyl sites for hydroxylation is 1. The highest BCUT2D eigenvalue weighted by Crippen LogP contribution is 2.25. The lowest BCUT2D eigenvalue weighted by Crippen LogP contribution is -1.97. The van der Waals surface area contributed by atoms with E-state index >= 15 is 0 Å². The molecule has 0 aliphatic rings. The van der Waals surface area contributed by atoms with E-state index in [2.05, 4.69) is 15.1 Å². The molecule has 3 rings (SSSR count). The number of hydrogen-bond acceptors (Lipinski definition) is 7. The van der Waals surface area contributed by atoms with Crippen LogP contribution in [0, 0.1) is 12.7 Å². The summed E-state index contributed by atoms with van der Waals surface area (Å²) in [6, 6.07) is 5.78. The van der Waals surface area contributed by atoms with Crippen LogP contribution in [0.4, 0.5) is 4.39 Å². The normalized spacial score (nSPS) is 10.8. The number of aromatic nitrogens is 3.